The maximum atomic E-state index is 10.8. The van der Waals surface area contributed by atoms with E-state index in [-0.39, 0.29) is 0 Å². The smallest absolute Gasteiger partial charge is 0.141 e. The lowest BCUT2D eigenvalue weighted by Crippen LogP contribution is -2.41. The van der Waals surface area contributed by atoms with Crippen molar-refractivity contribution in [1.29, 1.82) is 0 Å². The normalized spacial score (nSPS) is 18.4. The van der Waals surface area contributed by atoms with Gasteiger partial charge in [-0.05, 0) is 25.9 Å². The van der Waals surface area contributed by atoms with Crippen LogP contribution < -0.4 is 5.32 Å². The fourth-order valence-corrected chi connectivity index (χ4v) is 2.71. The number of hydrogen-bond donors (Lipinski definition) is 2. The zero-order valence-electron chi connectivity index (χ0n) is 11.1. The van der Waals surface area contributed by atoms with Crippen molar-refractivity contribution in [2.24, 2.45) is 7.05 Å². The van der Waals surface area contributed by atoms with Gasteiger partial charge in [-0.15, -0.1) is 0 Å². The van der Waals surface area contributed by atoms with Crippen LogP contribution >= 0.6 is 0 Å². The van der Waals surface area contributed by atoms with Crippen LogP contribution in [0.4, 0.5) is 0 Å². The predicted octanol–water partition coefficient (Wildman–Crippen LogP) is 1.66. The van der Waals surface area contributed by atoms with E-state index < -0.39 is 5.60 Å². The van der Waals surface area contributed by atoms with Crippen molar-refractivity contribution in [2.75, 3.05) is 13.1 Å². The maximum absolute atomic E-state index is 10.8. The van der Waals surface area contributed by atoms with E-state index >= 15 is 0 Å². The highest BCUT2D eigenvalue weighted by molar-refractivity contribution is 5.58. The Hall–Kier alpha value is -1.65. The molecule has 1 aromatic heterocycles. The number of nitrogens with zero attached hydrogens (tertiary/aromatic N) is 2. The summed E-state index contributed by atoms with van der Waals surface area (Å²) in [5.74, 6) is 0.771. The molecule has 19 heavy (non-hydrogen) atoms. The monoisotopic (exact) mass is 257 g/mol. The Kier molecular flexibility index (Phi) is 3.12. The van der Waals surface area contributed by atoms with E-state index in [1.165, 1.54) is 0 Å². The molecule has 0 unspecified atom stereocenters. The van der Waals surface area contributed by atoms with Crippen LogP contribution in [0, 0.1) is 0 Å². The van der Waals surface area contributed by atoms with Crippen LogP contribution in [0.1, 0.15) is 18.7 Å². The molecular weight excluding hydrogens is 238 g/mol. The third kappa shape index (κ3) is 2.29. The molecule has 3 rings (SSSR count). The average molecular weight is 257 g/mol. The molecule has 1 aliphatic rings. The lowest BCUT2D eigenvalue weighted by atomic mass is 9.91. The van der Waals surface area contributed by atoms with E-state index in [9.17, 15) is 5.11 Å². The summed E-state index contributed by atoms with van der Waals surface area (Å²) in [6, 6.07) is 10.1. The molecule has 0 atom stereocenters. The highest BCUT2D eigenvalue weighted by Gasteiger charge is 2.35. The van der Waals surface area contributed by atoms with Crippen molar-refractivity contribution < 1.29 is 5.11 Å². The summed E-state index contributed by atoms with van der Waals surface area (Å²) in [5.41, 5.74) is 1.21. The third-order valence-corrected chi connectivity index (χ3v) is 3.79. The van der Waals surface area contributed by atoms with Gasteiger partial charge in [-0.1, -0.05) is 30.3 Å². The minimum Gasteiger partial charge on any atom is -0.382 e. The number of aromatic nitrogens is 2. The topological polar surface area (TPSA) is 50.1 Å². The molecule has 4 nitrogen and oxygen atoms in total. The molecule has 0 radical (unpaired) electrons. The van der Waals surface area contributed by atoms with Gasteiger partial charge >= 0.3 is 0 Å². The number of nitrogens with one attached hydrogen (secondary N) is 1. The van der Waals surface area contributed by atoms with Crippen molar-refractivity contribution >= 4 is 0 Å². The van der Waals surface area contributed by atoms with Gasteiger partial charge in [-0.25, -0.2) is 4.98 Å². The minimum absolute atomic E-state index is 0.714. The summed E-state index contributed by atoms with van der Waals surface area (Å²) in [5, 5.41) is 14.0. The molecule has 0 spiro atoms. The van der Waals surface area contributed by atoms with Gasteiger partial charge in [0.1, 0.15) is 11.4 Å². The number of aryl methyl sites for hydroxylation is 1. The van der Waals surface area contributed by atoms with Gasteiger partial charge < -0.3 is 15.0 Å². The van der Waals surface area contributed by atoms with Crippen molar-refractivity contribution in [3.8, 4) is 11.3 Å². The number of piperidine rings is 1. The van der Waals surface area contributed by atoms with Crippen LogP contribution in [0.3, 0.4) is 0 Å². The van der Waals surface area contributed by atoms with E-state index in [0.717, 1.165) is 30.2 Å². The fourth-order valence-electron chi connectivity index (χ4n) is 2.71. The largest absolute Gasteiger partial charge is 0.382 e. The first-order valence-electron chi connectivity index (χ1n) is 6.71. The lowest BCUT2D eigenvalue weighted by Gasteiger charge is -2.31. The van der Waals surface area contributed by atoms with Crippen LogP contribution in [0.2, 0.25) is 0 Å². The number of hydrogen-bond acceptors (Lipinski definition) is 3. The van der Waals surface area contributed by atoms with Gasteiger partial charge in [0.25, 0.3) is 0 Å². The highest BCUT2D eigenvalue weighted by Crippen LogP contribution is 2.31. The number of benzene rings is 1. The summed E-state index contributed by atoms with van der Waals surface area (Å²) in [6.07, 6.45) is 3.42. The van der Waals surface area contributed by atoms with Crippen molar-refractivity contribution in [3.63, 3.8) is 0 Å². The molecule has 1 fully saturated rings. The lowest BCUT2D eigenvalue weighted by molar-refractivity contribution is -0.00475. The SMILES string of the molecule is Cn1cc(-c2ccccc2)nc1C1(O)CCNCC1. The molecule has 1 aliphatic heterocycles. The fraction of sp³-hybridized carbons (Fsp3) is 0.400. The van der Waals surface area contributed by atoms with Crippen LogP contribution in [-0.4, -0.2) is 27.7 Å². The summed E-state index contributed by atoms with van der Waals surface area (Å²) in [4.78, 5) is 4.66. The molecule has 2 N–H and O–H groups in total. The van der Waals surface area contributed by atoms with E-state index in [0.29, 0.717) is 12.8 Å². The molecule has 2 heterocycles. The molecule has 0 aliphatic carbocycles. The Morgan fingerprint density at radius 3 is 2.58 bits per heavy atom. The molecule has 4 heteroatoms. The van der Waals surface area contributed by atoms with Crippen LogP contribution in [0.15, 0.2) is 36.5 Å². The quantitative estimate of drug-likeness (QED) is 0.860. The molecule has 0 bridgehead atoms. The second-order valence-electron chi connectivity index (χ2n) is 5.21. The minimum atomic E-state index is -0.799. The second kappa shape index (κ2) is 4.79. The molecular formula is C15H19N3O. The number of rotatable bonds is 2. The van der Waals surface area contributed by atoms with Crippen LogP contribution in [-0.2, 0) is 12.6 Å². The number of imidazole rings is 1. The van der Waals surface area contributed by atoms with Crippen LogP contribution in [0.25, 0.3) is 11.3 Å². The van der Waals surface area contributed by atoms with Crippen molar-refractivity contribution in [3.05, 3.63) is 42.4 Å². The summed E-state index contributed by atoms with van der Waals surface area (Å²) >= 11 is 0. The first-order chi connectivity index (χ1) is 9.19. The highest BCUT2D eigenvalue weighted by atomic mass is 16.3. The van der Waals surface area contributed by atoms with Gasteiger partial charge in [0.2, 0.25) is 0 Å². The third-order valence-electron chi connectivity index (χ3n) is 3.79. The summed E-state index contributed by atoms with van der Waals surface area (Å²) in [7, 11) is 1.95. The number of aliphatic hydroxyl groups is 1. The maximum Gasteiger partial charge on any atom is 0.141 e. The molecule has 2 aromatic rings. The van der Waals surface area contributed by atoms with E-state index in [2.05, 4.69) is 10.3 Å². The van der Waals surface area contributed by atoms with Gasteiger partial charge in [0.05, 0.1) is 5.69 Å². The second-order valence-corrected chi connectivity index (χ2v) is 5.21. The molecule has 0 saturated carbocycles. The van der Waals surface area contributed by atoms with Gasteiger partial charge in [-0.3, -0.25) is 0 Å². The Morgan fingerprint density at radius 2 is 1.89 bits per heavy atom. The first kappa shape index (κ1) is 12.4. The Morgan fingerprint density at radius 1 is 1.21 bits per heavy atom. The predicted molar refractivity (Wildman–Crippen MR) is 74.6 cm³/mol. The molecule has 100 valence electrons. The average Bonchev–Trinajstić information content (AvgIpc) is 2.84. The zero-order valence-corrected chi connectivity index (χ0v) is 11.1. The Bertz CT molecular complexity index is 556. The van der Waals surface area contributed by atoms with Gasteiger partial charge in [0.15, 0.2) is 0 Å². The molecule has 0 amide bonds. The molecule has 1 saturated heterocycles. The van der Waals surface area contributed by atoms with Crippen molar-refractivity contribution in [1.82, 2.24) is 14.9 Å². The van der Waals surface area contributed by atoms with Gasteiger partial charge in [-0.2, -0.15) is 0 Å². The molecule has 1 aromatic carbocycles. The Balaban J connectivity index is 1.98. The zero-order chi connectivity index (χ0) is 13.3. The summed E-state index contributed by atoms with van der Waals surface area (Å²) in [6.45, 7) is 1.67. The van der Waals surface area contributed by atoms with Crippen LogP contribution in [0.5, 0.6) is 0 Å². The summed E-state index contributed by atoms with van der Waals surface area (Å²) < 4.78 is 1.95. The standard InChI is InChI=1S/C15H19N3O/c1-18-11-13(12-5-3-2-4-6-12)17-14(18)15(19)7-9-16-10-8-15/h2-6,11,16,19H,7-10H2,1H3. The first-order valence-corrected chi connectivity index (χ1v) is 6.71. The van der Waals surface area contributed by atoms with E-state index in [1.807, 2.05) is 48.1 Å². The van der Waals surface area contributed by atoms with Crippen molar-refractivity contribution in [2.45, 2.75) is 18.4 Å². The van der Waals surface area contributed by atoms with E-state index in [4.69, 9.17) is 0 Å². The Labute approximate surface area is 113 Å². The van der Waals surface area contributed by atoms with Gasteiger partial charge in [0, 0.05) is 18.8 Å². The van der Waals surface area contributed by atoms with E-state index in [1.54, 1.807) is 0 Å².